The van der Waals surface area contributed by atoms with E-state index < -0.39 is 10.0 Å². The summed E-state index contributed by atoms with van der Waals surface area (Å²) in [6.07, 6.45) is 0.941. The summed E-state index contributed by atoms with van der Waals surface area (Å²) in [6, 6.07) is 13.2. The Morgan fingerprint density at radius 3 is 2.61 bits per heavy atom. The Hall–Kier alpha value is -1.85. The van der Waals surface area contributed by atoms with Crippen molar-refractivity contribution in [3.8, 4) is 5.75 Å². The molecule has 2 aromatic rings. The van der Waals surface area contributed by atoms with Crippen molar-refractivity contribution in [2.45, 2.75) is 32.1 Å². The lowest BCUT2D eigenvalue weighted by Crippen LogP contribution is -2.28. The Bertz CT molecular complexity index is 770. The molecular weight excluding hydrogens is 310 g/mol. The van der Waals surface area contributed by atoms with Gasteiger partial charge in [0.05, 0.1) is 4.90 Å². The van der Waals surface area contributed by atoms with Crippen LogP contribution in [0.2, 0.25) is 0 Å². The molecule has 0 atom stereocenters. The Balaban J connectivity index is 1.93. The predicted octanol–water partition coefficient (Wildman–Crippen LogP) is 3.22. The zero-order valence-electron chi connectivity index (χ0n) is 13.8. The van der Waals surface area contributed by atoms with Crippen molar-refractivity contribution in [3.05, 3.63) is 59.2 Å². The van der Waals surface area contributed by atoms with E-state index in [2.05, 4.69) is 11.6 Å². The fraction of sp³-hybridized carbons (Fsp3) is 0.333. The average Bonchev–Trinajstić information content (AvgIpc) is 2.54. The molecule has 1 N–H and O–H groups in total. The van der Waals surface area contributed by atoms with Gasteiger partial charge in [-0.3, -0.25) is 0 Å². The molecule has 2 aromatic carbocycles. The molecule has 0 saturated heterocycles. The molecule has 0 radical (unpaired) electrons. The number of nitrogens with one attached hydrogen (secondary N) is 1. The van der Waals surface area contributed by atoms with Gasteiger partial charge in [0, 0.05) is 6.54 Å². The first kappa shape index (κ1) is 17.5. The van der Waals surface area contributed by atoms with Gasteiger partial charge in [0.15, 0.2) is 0 Å². The van der Waals surface area contributed by atoms with Crippen LogP contribution < -0.4 is 9.46 Å². The Labute approximate surface area is 138 Å². The third-order valence-corrected chi connectivity index (χ3v) is 5.21. The highest BCUT2D eigenvalue weighted by molar-refractivity contribution is 7.89. The predicted molar refractivity (Wildman–Crippen MR) is 92.4 cm³/mol. The third-order valence-electron chi connectivity index (χ3n) is 3.60. The molecule has 0 unspecified atom stereocenters. The lowest BCUT2D eigenvalue weighted by molar-refractivity contribution is 0.322. The first-order valence-electron chi connectivity index (χ1n) is 7.71. The van der Waals surface area contributed by atoms with Crippen LogP contribution in [0.15, 0.2) is 47.4 Å². The smallest absolute Gasteiger partial charge is 0.240 e. The first-order chi connectivity index (χ1) is 10.9. The van der Waals surface area contributed by atoms with Gasteiger partial charge in [-0.2, -0.15) is 0 Å². The van der Waals surface area contributed by atoms with Crippen LogP contribution in [0.1, 0.15) is 23.6 Å². The van der Waals surface area contributed by atoms with Crippen LogP contribution in [0.5, 0.6) is 5.75 Å². The summed E-state index contributed by atoms with van der Waals surface area (Å²) in [4.78, 5) is 0.325. The largest absolute Gasteiger partial charge is 0.492 e. The van der Waals surface area contributed by atoms with Gasteiger partial charge in [0.2, 0.25) is 10.0 Å². The summed E-state index contributed by atoms with van der Waals surface area (Å²) in [5.74, 6) is 0.760. The van der Waals surface area contributed by atoms with E-state index in [-0.39, 0.29) is 13.2 Å². The molecule has 0 amide bonds. The van der Waals surface area contributed by atoms with E-state index >= 15 is 0 Å². The fourth-order valence-corrected chi connectivity index (χ4v) is 3.62. The number of ether oxygens (including phenoxy) is 1. The summed E-state index contributed by atoms with van der Waals surface area (Å²) in [6.45, 7) is 6.27. The number of aryl methyl sites for hydroxylation is 3. The summed E-state index contributed by atoms with van der Waals surface area (Å²) in [7, 11) is -3.51. The van der Waals surface area contributed by atoms with Crippen LogP contribution in [0.4, 0.5) is 0 Å². The number of hydrogen-bond acceptors (Lipinski definition) is 3. The van der Waals surface area contributed by atoms with Gasteiger partial charge in [-0.1, -0.05) is 31.2 Å². The minimum atomic E-state index is -3.51. The van der Waals surface area contributed by atoms with Crippen LogP contribution >= 0.6 is 0 Å². The van der Waals surface area contributed by atoms with E-state index in [4.69, 9.17) is 4.74 Å². The van der Waals surface area contributed by atoms with Crippen LogP contribution in [-0.2, 0) is 16.4 Å². The molecule has 124 valence electrons. The Morgan fingerprint density at radius 2 is 1.87 bits per heavy atom. The Morgan fingerprint density at radius 1 is 1.09 bits per heavy atom. The number of hydrogen-bond donors (Lipinski definition) is 1. The average molecular weight is 333 g/mol. The summed E-state index contributed by atoms with van der Waals surface area (Å²) >= 11 is 0. The van der Waals surface area contributed by atoms with E-state index in [9.17, 15) is 8.42 Å². The van der Waals surface area contributed by atoms with Crippen molar-refractivity contribution in [1.82, 2.24) is 4.72 Å². The van der Waals surface area contributed by atoms with Gasteiger partial charge >= 0.3 is 0 Å². The van der Waals surface area contributed by atoms with Gasteiger partial charge < -0.3 is 4.74 Å². The molecule has 0 spiro atoms. The topological polar surface area (TPSA) is 55.4 Å². The molecule has 23 heavy (non-hydrogen) atoms. The zero-order chi connectivity index (χ0) is 16.9. The van der Waals surface area contributed by atoms with Gasteiger partial charge in [0.1, 0.15) is 12.4 Å². The lowest BCUT2D eigenvalue weighted by Gasteiger charge is -2.11. The van der Waals surface area contributed by atoms with Crippen LogP contribution in [-0.4, -0.2) is 21.6 Å². The molecule has 0 aliphatic carbocycles. The minimum Gasteiger partial charge on any atom is -0.492 e. The summed E-state index contributed by atoms with van der Waals surface area (Å²) < 4.78 is 32.9. The maximum atomic E-state index is 12.4. The monoisotopic (exact) mass is 333 g/mol. The molecule has 2 rings (SSSR count). The summed E-state index contributed by atoms with van der Waals surface area (Å²) in [5.41, 5.74) is 2.85. The summed E-state index contributed by atoms with van der Waals surface area (Å²) in [5, 5.41) is 0. The molecule has 5 heteroatoms. The number of rotatable bonds is 7. The molecule has 0 aliphatic rings. The van der Waals surface area contributed by atoms with Crippen LogP contribution in [0, 0.1) is 13.8 Å². The lowest BCUT2D eigenvalue weighted by atomic mass is 10.2. The van der Waals surface area contributed by atoms with Crippen molar-refractivity contribution < 1.29 is 13.2 Å². The minimum absolute atomic E-state index is 0.228. The van der Waals surface area contributed by atoms with Crippen molar-refractivity contribution in [3.63, 3.8) is 0 Å². The second-order valence-electron chi connectivity index (χ2n) is 5.52. The van der Waals surface area contributed by atoms with Crippen molar-refractivity contribution in [1.29, 1.82) is 0 Å². The fourth-order valence-electron chi connectivity index (χ4n) is 2.27. The molecular formula is C18H23NO3S. The second-order valence-corrected chi connectivity index (χ2v) is 7.25. The normalized spacial score (nSPS) is 11.4. The Kier molecular flexibility index (Phi) is 5.80. The number of sulfonamides is 1. The van der Waals surface area contributed by atoms with E-state index in [0.29, 0.717) is 4.90 Å². The molecule has 0 bridgehead atoms. The van der Waals surface area contributed by atoms with E-state index in [0.717, 1.165) is 23.3 Å². The van der Waals surface area contributed by atoms with E-state index in [1.165, 1.54) is 5.56 Å². The van der Waals surface area contributed by atoms with Crippen molar-refractivity contribution in [2.24, 2.45) is 0 Å². The highest BCUT2D eigenvalue weighted by Crippen LogP contribution is 2.16. The van der Waals surface area contributed by atoms with E-state index in [1.54, 1.807) is 13.0 Å². The van der Waals surface area contributed by atoms with Gasteiger partial charge in [-0.05, 0) is 55.2 Å². The maximum absolute atomic E-state index is 12.4. The van der Waals surface area contributed by atoms with E-state index in [1.807, 2.05) is 43.3 Å². The zero-order valence-corrected chi connectivity index (χ0v) is 14.6. The molecule has 0 aromatic heterocycles. The standard InChI is InChI=1S/C18H23NO3S/c1-4-16-6-5-7-17(13-16)22-11-10-19-23(20,21)18-12-14(2)8-9-15(18)3/h5-9,12-13,19H,4,10-11H2,1-3H3. The SMILES string of the molecule is CCc1cccc(OCCNS(=O)(=O)c2cc(C)ccc2C)c1. The highest BCUT2D eigenvalue weighted by atomic mass is 32.2. The third kappa shape index (κ3) is 4.81. The van der Waals surface area contributed by atoms with Crippen molar-refractivity contribution >= 4 is 10.0 Å². The second kappa shape index (κ2) is 7.62. The van der Waals surface area contributed by atoms with Gasteiger partial charge in [-0.15, -0.1) is 0 Å². The van der Waals surface area contributed by atoms with Gasteiger partial charge in [-0.25, -0.2) is 13.1 Å². The van der Waals surface area contributed by atoms with Crippen LogP contribution in [0.3, 0.4) is 0 Å². The quantitative estimate of drug-likeness (QED) is 0.792. The molecule has 0 aliphatic heterocycles. The molecule has 0 heterocycles. The molecule has 0 fully saturated rings. The maximum Gasteiger partial charge on any atom is 0.240 e. The molecule has 4 nitrogen and oxygen atoms in total. The van der Waals surface area contributed by atoms with Crippen molar-refractivity contribution in [2.75, 3.05) is 13.2 Å². The highest BCUT2D eigenvalue weighted by Gasteiger charge is 2.16. The molecule has 0 saturated carbocycles. The first-order valence-corrected chi connectivity index (χ1v) is 9.19. The van der Waals surface area contributed by atoms with Gasteiger partial charge in [0.25, 0.3) is 0 Å². The number of benzene rings is 2. The van der Waals surface area contributed by atoms with Crippen LogP contribution in [0.25, 0.3) is 0 Å².